The highest BCUT2D eigenvalue weighted by Gasteiger charge is 2.25. The van der Waals surface area contributed by atoms with E-state index in [-0.39, 0.29) is 12.0 Å². The van der Waals surface area contributed by atoms with Gasteiger partial charge in [0, 0.05) is 12.6 Å². The van der Waals surface area contributed by atoms with E-state index in [0.717, 1.165) is 36.0 Å². The number of ether oxygens (including phenoxy) is 1. The quantitative estimate of drug-likeness (QED) is 0.713. The highest BCUT2D eigenvalue weighted by atomic mass is 16.5. The molecule has 2 aromatic carbocycles. The van der Waals surface area contributed by atoms with Crippen molar-refractivity contribution in [3.63, 3.8) is 0 Å². The minimum Gasteiger partial charge on any atom is -0.471 e. The number of hydrogen-bond acceptors (Lipinski definition) is 4. The third-order valence-corrected chi connectivity index (χ3v) is 5.01. The van der Waals surface area contributed by atoms with Crippen LogP contribution in [0.15, 0.2) is 54.6 Å². The van der Waals surface area contributed by atoms with Crippen LogP contribution in [0.4, 0.5) is 0 Å². The van der Waals surface area contributed by atoms with Gasteiger partial charge in [-0.1, -0.05) is 42.5 Å². The third-order valence-electron chi connectivity index (χ3n) is 5.01. The number of hydrogen-bond donors (Lipinski definition) is 0. The lowest BCUT2D eigenvalue weighted by Gasteiger charge is -2.32. The van der Waals surface area contributed by atoms with Crippen LogP contribution in [0.1, 0.15) is 24.1 Å². The number of aryl methyl sites for hydroxylation is 1. The van der Waals surface area contributed by atoms with E-state index < -0.39 is 0 Å². The van der Waals surface area contributed by atoms with Crippen molar-refractivity contribution in [1.82, 2.24) is 15.1 Å². The molecule has 0 aliphatic carbocycles. The first-order chi connectivity index (χ1) is 13.2. The summed E-state index contributed by atoms with van der Waals surface area (Å²) in [5.41, 5.74) is 1.93. The van der Waals surface area contributed by atoms with Crippen LogP contribution >= 0.6 is 0 Å². The van der Waals surface area contributed by atoms with Gasteiger partial charge in [-0.15, -0.1) is 5.10 Å². The Morgan fingerprint density at radius 1 is 1.11 bits per heavy atom. The van der Waals surface area contributed by atoms with E-state index in [0.29, 0.717) is 18.8 Å². The minimum absolute atomic E-state index is 0.0350. The summed E-state index contributed by atoms with van der Waals surface area (Å²) in [6.45, 7) is 3.27. The molecule has 1 aliphatic heterocycles. The van der Waals surface area contributed by atoms with Crippen molar-refractivity contribution in [2.75, 3.05) is 13.1 Å². The lowest BCUT2D eigenvalue weighted by atomic mass is 10.0. The molecule has 0 N–H and O–H groups in total. The molecule has 5 heteroatoms. The van der Waals surface area contributed by atoms with Crippen LogP contribution in [-0.2, 0) is 11.2 Å². The van der Waals surface area contributed by atoms with Gasteiger partial charge in [0.05, 0.1) is 18.7 Å². The van der Waals surface area contributed by atoms with Gasteiger partial charge in [-0.25, -0.2) is 0 Å². The molecule has 1 unspecified atom stereocenters. The first kappa shape index (κ1) is 17.5. The molecule has 0 radical (unpaired) electrons. The zero-order chi connectivity index (χ0) is 18.6. The summed E-state index contributed by atoms with van der Waals surface area (Å²) in [7, 11) is 0. The second-order valence-electron chi connectivity index (χ2n) is 7.05. The lowest BCUT2D eigenvalue weighted by molar-refractivity contribution is -0.133. The van der Waals surface area contributed by atoms with Crippen molar-refractivity contribution in [3.05, 3.63) is 65.9 Å². The number of aromatic nitrogens is 2. The molecule has 1 amide bonds. The average molecular weight is 361 g/mol. The van der Waals surface area contributed by atoms with Crippen LogP contribution in [-0.4, -0.2) is 40.2 Å². The van der Waals surface area contributed by atoms with E-state index in [1.54, 1.807) is 0 Å². The first-order valence-electron chi connectivity index (χ1n) is 9.40. The van der Waals surface area contributed by atoms with Crippen molar-refractivity contribution in [2.24, 2.45) is 0 Å². The number of carbonyl (C=O) groups excluding carboxylic acids is 1. The van der Waals surface area contributed by atoms with Gasteiger partial charge in [-0.3, -0.25) is 4.79 Å². The van der Waals surface area contributed by atoms with Gasteiger partial charge in [0.15, 0.2) is 0 Å². The molecule has 2 heterocycles. The Kier molecular flexibility index (Phi) is 5.01. The molecule has 138 valence electrons. The van der Waals surface area contributed by atoms with Crippen LogP contribution < -0.4 is 4.74 Å². The summed E-state index contributed by atoms with van der Waals surface area (Å²) in [6, 6.07) is 18.1. The van der Waals surface area contributed by atoms with E-state index >= 15 is 0 Å². The Morgan fingerprint density at radius 3 is 2.81 bits per heavy atom. The summed E-state index contributed by atoms with van der Waals surface area (Å²) in [5, 5.41) is 10.4. The maximum Gasteiger partial charge on any atom is 0.233 e. The monoisotopic (exact) mass is 361 g/mol. The largest absolute Gasteiger partial charge is 0.471 e. The summed E-state index contributed by atoms with van der Waals surface area (Å²) in [5.74, 6) is 0.670. The number of carbonyl (C=O) groups is 1. The molecule has 1 fully saturated rings. The topological polar surface area (TPSA) is 55.3 Å². The van der Waals surface area contributed by atoms with Crippen LogP contribution in [0.5, 0.6) is 5.88 Å². The van der Waals surface area contributed by atoms with Crippen LogP contribution in [0.3, 0.4) is 0 Å². The van der Waals surface area contributed by atoms with Gasteiger partial charge in [0.2, 0.25) is 11.8 Å². The number of fused-ring (bicyclic) bond motifs is 1. The molecule has 5 nitrogen and oxygen atoms in total. The number of amides is 1. The fraction of sp³-hybridized carbons (Fsp3) is 0.318. The molecule has 4 rings (SSSR count). The zero-order valence-corrected chi connectivity index (χ0v) is 15.5. The molecule has 3 aromatic rings. The van der Waals surface area contributed by atoms with Gasteiger partial charge in [-0.05, 0) is 42.2 Å². The van der Waals surface area contributed by atoms with Crippen molar-refractivity contribution in [3.8, 4) is 5.88 Å². The van der Waals surface area contributed by atoms with Gasteiger partial charge >= 0.3 is 0 Å². The normalized spacial score (nSPS) is 17.1. The number of nitrogens with zero attached hydrogens (tertiary/aromatic N) is 3. The highest BCUT2D eigenvalue weighted by Crippen LogP contribution is 2.21. The average Bonchev–Trinajstić information content (AvgIpc) is 2.70. The van der Waals surface area contributed by atoms with Crippen LogP contribution in [0, 0.1) is 6.92 Å². The van der Waals surface area contributed by atoms with Crippen LogP contribution in [0.25, 0.3) is 10.8 Å². The Hall–Kier alpha value is -2.95. The van der Waals surface area contributed by atoms with E-state index in [1.165, 1.54) is 5.39 Å². The smallest absolute Gasteiger partial charge is 0.233 e. The zero-order valence-electron chi connectivity index (χ0n) is 15.5. The first-order valence-corrected chi connectivity index (χ1v) is 9.40. The molecule has 1 saturated heterocycles. The van der Waals surface area contributed by atoms with Crippen molar-refractivity contribution in [1.29, 1.82) is 0 Å². The molecule has 1 aromatic heterocycles. The van der Waals surface area contributed by atoms with Gasteiger partial charge in [0.1, 0.15) is 6.10 Å². The predicted octanol–water partition coefficient (Wildman–Crippen LogP) is 3.55. The molecule has 0 spiro atoms. The van der Waals surface area contributed by atoms with E-state index in [1.807, 2.05) is 48.2 Å². The molecule has 1 atom stereocenters. The maximum atomic E-state index is 12.9. The minimum atomic E-state index is -0.0350. The summed E-state index contributed by atoms with van der Waals surface area (Å²) >= 11 is 0. The SMILES string of the molecule is Cc1ccc(OC2CCCN(C(=O)Cc3cccc4ccccc34)C2)nn1. The van der Waals surface area contributed by atoms with Crippen molar-refractivity contribution >= 4 is 16.7 Å². The second-order valence-corrected chi connectivity index (χ2v) is 7.05. The Labute approximate surface area is 159 Å². The molecule has 0 saturated carbocycles. The van der Waals surface area contributed by atoms with Crippen molar-refractivity contribution < 1.29 is 9.53 Å². The predicted molar refractivity (Wildman–Crippen MR) is 105 cm³/mol. The Morgan fingerprint density at radius 2 is 1.96 bits per heavy atom. The molecular formula is C22H23N3O2. The number of piperidine rings is 1. The fourth-order valence-corrected chi connectivity index (χ4v) is 3.60. The second kappa shape index (κ2) is 7.74. The van der Waals surface area contributed by atoms with E-state index in [9.17, 15) is 4.79 Å². The maximum absolute atomic E-state index is 12.9. The third kappa shape index (κ3) is 4.08. The number of likely N-dealkylation sites (tertiary alicyclic amines) is 1. The lowest BCUT2D eigenvalue weighted by Crippen LogP contribution is -2.45. The number of rotatable bonds is 4. The van der Waals surface area contributed by atoms with Gasteiger partial charge < -0.3 is 9.64 Å². The highest BCUT2D eigenvalue weighted by molar-refractivity contribution is 5.90. The molecule has 27 heavy (non-hydrogen) atoms. The van der Waals surface area contributed by atoms with Crippen LogP contribution in [0.2, 0.25) is 0 Å². The summed E-state index contributed by atoms with van der Waals surface area (Å²) < 4.78 is 5.94. The van der Waals surface area contributed by atoms with Gasteiger partial charge in [-0.2, -0.15) is 5.10 Å². The Bertz CT molecular complexity index is 934. The fourth-order valence-electron chi connectivity index (χ4n) is 3.60. The molecule has 1 aliphatic rings. The summed E-state index contributed by atoms with van der Waals surface area (Å²) in [6.07, 6.45) is 2.24. The Balaban J connectivity index is 1.43. The van der Waals surface area contributed by atoms with Crippen molar-refractivity contribution in [2.45, 2.75) is 32.3 Å². The number of benzene rings is 2. The van der Waals surface area contributed by atoms with Gasteiger partial charge in [0.25, 0.3) is 0 Å². The van der Waals surface area contributed by atoms with E-state index in [4.69, 9.17) is 4.74 Å². The molecule has 0 bridgehead atoms. The molecular weight excluding hydrogens is 338 g/mol. The summed E-state index contributed by atoms with van der Waals surface area (Å²) in [4.78, 5) is 14.8. The van der Waals surface area contributed by atoms with E-state index in [2.05, 4.69) is 28.4 Å². The standard InChI is InChI=1S/C22H23N3O2/c1-16-11-12-21(24-23-16)27-19-9-5-13-25(15-19)22(26)14-18-8-4-7-17-6-2-3-10-20(17)18/h2-4,6-8,10-12,19H,5,9,13-15H2,1H3.